The van der Waals surface area contributed by atoms with Gasteiger partial charge in [0.15, 0.2) is 5.78 Å². The van der Waals surface area contributed by atoms with Crippen molar-refractivity contribution in [1.29, 1.82) is 0 Å². The summed E-state index contributed by atoms with van der Waals surface area (Å²) in [5.74, 6) is -2.08. The number of fused-ring (bicyclic) bond motifs is 2. The fraction of sp³-hybridized carbons (Fsp3) is 0.235. The Bertz CT molecular complexity index is 1800. The number of primary amides is 1. The number of Topliss-reactive ketones (excluding diaryl/α,β-unsaturated/α-hetero) is 1. The second-order valence-corrected chi connectivity index (χ2v) is 11.9. The van der Waals surface area contributed by atoms with E-state index in [1.807, 2.05) is 30.3 Å². The Balaban J connectivity index is 0.00000461. The number of nitrogens with zero attached hydrogens (tertiary/aromatic N) is 2. The molecule has 0 aliphatic carbocycles. The number of carbonyl (C=O) groups is 4. The fourth-order valence-electron chi connectivity index (χ4n) is 5.70. The first-order valence-electron chi connectivity index (χ1n) is 14.1. The first-order valence-corrected chi connectivity index (χ1v) is 14.9. The van der Waals surface area contributed by atoms with Crippen molar-refractivity contribution in [1.82, 2.24) is 5.32 Å². The number of amides is 3. The molecule has 0 spiro atoms. The Morgan fingerprint density at radius 2 is 1.64 bits per heavy atom. The van der Waals surface area contributed by atoms with Gasteiger partial charge in [-0.25, -0.2) is 0 Å². The molecule has 0 fully saturated rings. The number of carbonyl (C=O) groups excluding carboxylic acids is 4. The molecule has 4 aromatic carbocycles. The molecule has 0 radical (unpaired) electrons. The highest BCUT2D eigenvalue weighted by atomic mass is 79.9. The molecular weight excluding hydrogens is 660 g/mol. The molecule has 11 heteroatoms. The average molecular weight is 694 g/mol. The number of hydrogen-bond acceptors (Lipinski definition) is 6. The third-order valence-corrected chi connectivity index (χ3v) is 8.98. The van der Waals surface area contributed by atoms with E-state index in [2.05, 4.69) is 21.2 Å². The maximum atomic E-state index is 14.7. The van der Waals surface area contributed by atoms with Crippen LogP contribution in [0.15, 0.2) is 83.3 Å². The van der Waals surface area contributed by atoms with Crippen molar-refractivity contribution in [2.24, 2.45) is 11.7 Å². The Morgan fingerprint density at radius 3 is 2.24 bits per heavy atom. The number of nitrogens with two attached hydrogens (primary N) is 1. The zero-order valence-electron chi connectivity index (χ0n) is 25.3. The van der Waals surface area contributed by atoms with E-state index < -0.39 is 17.4 Å². The van der Waals surface area contributed by atoms with E-state index in [9.17, 15) is 19.2 Å². The zero-order valence-corrected chi connectivity index (χ0v) is 27.7. The van der Waals surface area contributed by atoms with Crippen LogP contribution in [0, 0.1) is 5.92 Å². The van der Waals surface area contributed by atoms with Gasteiger partial charge in [-0.3, -0.25) is 19.2 Å². The summed E-state index contributed by atoms with van der Waals surface area (Å²) >= 11 is 3.53. The van der Waals surface area contributed by atoms with Crippen LogP contribution < -0.4 is 25.6 Å². The number of para-hydroxylation sites is 2. The molecule has 234 valence electrons. The number of halogens is 2. The van der Waals surface area contributed by atoms with E-state index in [1.165, 1.54) is 11.8 Å². The Morgan fingerprint density at radius 1 is 1.00 bits per heavy atom. The van der Waals surface area contributed by atoms with E-state index in [-0.39, 0.29) is 43.1 Å². The largest absolute Gasteiger partial charge is 0.496 e. The summed E-state index contributed by atoms with van der Waals surface area (Å²) < 4.78 is 6.66. The first kappa shape index (κ1) is 33.6. The number of ether oxygens (including phenoxy) is 1. The number of benzene rings is 4. The topological polar surface area (TPSA) is 122 Å². The maximum absolute atomic E-state index is 14.7. The summed E-state index contributed by atoms with van der Waals surface area (Å²) in [5, 5.41) is 4.81. The highest BCUT2D eigenvalue weighted by Crippen LogP contribution is 2.40. The van der Waals surface area contributed by atoms with E-state index in [0.717, 1.165) is 20.8 Å². The van der Waals surface area contributed by atoms with Gasteiger partial charge in [0.1, 0.15) is 11.3 Å². The second kappa shape index (κ2) is 13.4. The van der Waals surface area contributed by atoms with Gasteiger partial charge >= 0.3 is 0 Å². The van der Waals surface area contributed by atoms with E-state index >= 15 is 0 Å². The molecule has 1 heterocycles. The molecule has 0 saturated carbocycles. The fourth-order valence-corrected chi connectivity index (χ4v) is 6.08. The molecule has 4 aromatic rings. The SMILES string of the molecule is CNC(C)(C(N)=O)[C@@H]1CN(C(=O)c2ccc(C(C)=O)cc2)c2ccccc2N(Cc2c(OC)ccc3cc(Br)ccc23)C1=O.Cl. The predicted octanol–water partition coefficient (Wildman–Crippen LogP) is 5.51. The van der Waals surface area contributed by atoms with Gasteiger partial charge in [-0.1, -0.05) is 52.3 Å². The second-order valence-electron chi connectivity index (χ2n) is 10.9. The Labute approximate surface area is 276 Å². The molecule has 1 aliphatic heterocycles. The molecule has 9 nitrogen and oxygen atoms in total. The van der Waals surface area contributed by atoms with Gasteiger partial charge in [0.25, 0.3) is 5.91 Å². The van der Waals surface area contributed by atoms with Gasteiger partial charge in [-0.05, 0) is 74.1 Å². The molecule has 45 heavy (non-hydrogen) atoms. The predicted molar refractivity (Wildman–Crippen MR) is 181 cm³/mol. The number of likely N-dealkylation sites (N-methyl/N-ethyl adjacent to an activating group) is 1. The number of methoxy groups -OCH3 is 1. The van der Waals surface area contributed by atoms with Crippen molar-refractivity contribution in [3.63, 3.8) is 0 Å². The van der Waals surface area contributed by atoms with Crippen LogP contribution in [0.5, 0.6) is 5.75 Å². The van der Waals surface area contributed by atoms with Crippen molar-refractivity contribution < 1.29 is 23.9 Å². The van der Waals surface area contributed by atoms with Crippen LogP contribution in [-0.2, 0) is 16.1 Å². The molecule has 1 aliphatic rings. The smallest absolute Gasteiger partial charge is 0.258 e. The molecular formula is C34H34BrClN4O5. The standard InChI is InChI=1S/C34H33BrN4O5.ClH/c1-20(40)21-9-11-22(12-10-21)31(41)39-19-27(34(2,37-3)33(36)43)32(42)38(28-7-5-6-8-29(28)39)18-26-25-15-14-24(35)17-23(25)13-16-30(26)44-4;/h5-17,27,37H,18-19H2,1-4H3,(H2,36,43);1H/t27-,34?;/m1./s1. The normalized spacial score (nSPS) is 15.8. The molecule has 1 unspecified atom stereocenters. The van der Waals surface area contributed by atoms with Gasteiger partial charge in [-0.15, -0.1) is 12.4 Å². The minimum atomic E-state index is -1.50. The quantitative estimate of drug-likeness (QED) is 0.235. The lowest BCUT2D eigenvalue weighted by Gasteiger charge is -2.36. The average Bonchev–Trinajstić information content (AvgIpc) is 3.14. The summed E-state index contributed by atoms with van der Waals surface area (Å²) in [6.45, 7) is 3.01. The minimum absolute atomic E-state index is 0. The maximum Gasteiger partial charge on any atom is 0.258 e. The van der Waals surface area contributed by atoms with Gasteiger partial charge in [0.05, 0.1) is 30.9 Å². The number of anilines is 2. The summed E-state index contributed by atoms with van der Waals surface area (Å²) in [6.07, 6.45) is 0. The van der Waals surface area contributed by atoms with Crippen molar-refractivity contribution >= 4 is 74.0 Å². The van der Waals surface area contributed by atoms with Crippen molar-refractivity contribution in [3.8, 4) is 5.75 Å². The summed E-state index contributed by atoms with van der Waals surface area (Å²) in [6, 6.07) is 23.2. The van der Waals surface area contributed by atoms with Crippen LogP contribution in [0.4, 0.5) is 11.4 Å². The lowest BCUT2D eigenvalue weighted by Crippen LogP contribution is -2.63. The van der Waals surface area contributed by atoms with Crippen LogP contribution in [0.1, 0.15) is 40.1 Å². The minimum Gasteiger partial charge on any atom is -0.496 e. The molecule has 5 rings (SSSR count). The number of nitrogens with one attached hydrogen (secondary N) is 1. The van der Waals surface area contributed by atoms with Crippen LogP contribution in [0.2, 0.25) is 0 Å². The van der Waals surface area contributed by atoms with E-state index in [4.69, 9.17) is 10.5 Å². The molecule has 2 atom stereocenters. The molecule has 0 saturated heterocycles. The zero-order chi connectivity index (χ0) is 31.8. The molecule has 3 amide bonds. The number of ketones is 1. The number of hydrogen-bond donors (Lipinski definition) is 2. The molecule has 0 bridgehead atoms. The lowest BCUT2D eigenvalue weighted by atomic mass is 9.83. The van der Waals surface area contributed by atoms with Crippen LogP contribution in [0.25, 0.3) is 10.8 Å². The van der Waals surface area contributed by atoms with Gasteiger partial charge < -0.3 is 25.6 Å². The van der Waals surface area contributed by atoms with Crippen molar-refractivity contribution in [2.75, 3.05) is 30.5 Å². The van der Waals surface area contributed by atoms with Gasteiger partial charge in [0.2, 0.25) is 11.8 Å². The van der Waals surface area contributed by atoms with E-state index in [1.54, 1.807) is 74.5 Å². The van der Waals surface area contributed by atoms with Crippen LogP contribution in [-0.4, -0.2) is 49.7 Å². The highest BCUT2D eigenvalue weighted by Gasteiger charge is 2.49. The molecule has 0 aromatic heterocycles. The third-order valence-electron chi connectivity index (χ3n) is 8.49. The van der Waals surface area contributed by atoms with Crippen LogP contribution >= 0.6 is 28.3 Å². The summed E-state index contributed by atoms with van der Waals surface area (Å²) in [4.78, 5) is 56.7. The van der Waals surface area contributed by atoms with Gasteiger partial charge in [0, 0.05) is 27.7 Å². The summed E-state index contributed by atoms with van der Waals surface area (Å²) in [7, 11) is 3.14. The van der Waals surface area contributed by atoms with E-state index in [0.29, 0.717) is 28.3 Å². The van der Waals surface area contributed by atoms with Crippen LogP contribution in [0.3, 0.4) is 0 Å². The Kier molecular flexibility index (Phi) is 10.0. The lowest BCUT2D eigenvalue weighted by molar-refractivity contribution is -0.133. The van der Waals surface area contributed by atoms with Gasteiger partial charge in [-0.2, -0.15) is 0 Å². The Hall–Kier alpha value is -4.25. The third kappa shape index (κ3) is 6.18. The van der Waals surface area contributed by atoms with Crippen molar-refractivity contribution in [3.05, 3.63) is 100 Å². The summed E-state index contributed by atoms with van der Waals surface area (Å²) in [5.41, 5.74) is 6.97. The molecule has 3 N–H and O–H groups in total. The van der Waals surface area contributed by atoms with Crippen molar-refractivity contribution in [2.45, 2.75) is 25.9 Å². The number of rotatable bonds is 8. The highest BCUT2D eigenvalue weighted by molar-refractivity contribution is 9.10. The monoisotopic (exact) mass is 692 g/mol. The first-order chi connectivity index (χ1) is 21.0.